The molecule has 0 aliphatic carbocycles. The van der Waals surface area contributed by atoms with E-state index in [0.29, 0.717) is 5.02 Å². The second kappa shape index (κ2) is 5.45. The molecule has 1 aromatic heterocycles. The summed E-state index contributed by atoms with van der Waals surface area (Å²) in [4.78, 5) is 6.16. The number of alkyl halides is 1. The van der Waals surface area contributed by atoms with Gasteiger partial charge in [-0.3, -0.25) is 4.98 Å². The van der Waals surface area contributed by atoms with Crippen LogP contribution in [0.2, 0.25) is 5.02 Å². The van der Waals surface area contributed by atoms with Gasteiger partial charge in [0.25, 0.3) is 0 Å². The third kappa shape index (κ3) is 2.85. The Kier molecular flexibility index (Phi) is 4.53. The zero-order valence-electron chi connectivity index (χ0n) is 7.50. The molecule has 0 bridgehead atoms. The number of pyridine rings is 1. The Morgan fingerprint density at radius 1 is 1.62 bits per heavy atom. The lowest BCUT2D eigenvalue weighted by Gasteiger charge is -2.22. The third-order valence-electron chi connectivity index (χ3n) is 1.83. The van der Waals surface area contributed by atoms with Crippen molar-refractivity contribution < 1.29 is 0 Å². The number of halogens is 2. The Hall–Kier alpha value is -0.280. The molecule has 0 saturated heterocycles. The summed E-state index contributed by atoms with van der Waals surface area (Å²) < 4.78 is 0. The molecule has 72 valence electrons. The van der Waals surface area contributed by atoms with Crippen molar-refractivity contribution >= 4 is 33.2 Å². The summed E-state index contributed by atoms with van der Waals surface area (Å²) in [5.74, 6) is 0. The van der Waals surface area contributed by atoms with Crippen LogP contribution >= 0.6 is 27.5 Å². The van der Waals surface area contributed by atoms with Gasteiger partial charge < -0.3 is 4.90 Å². The van der Waals surface area contributed by atoms with Crippen LogP contribution in [-0.2, 0) is 0 Å². The van der Waals surface area contributed by atoms with E-state index in [-0.39, 0.29) is 0 Å². The lowest BCUT2D eigenvalue weighted by molar-refractivity contribution is 0.874. The molecule has 1 aromatic rings. The summed E-state index contributed by atoms with van der Waals surface area (Å²) in [6.45, 7) is 4.02. The van der Waals surface area contributed by atoms with Gasteiger partial charge in [0.05, 0.1) is 10.7 Å². The van der Waals surface area contributed by atoms with Gasteiger partial charge in [-0.15, -0.1) is 0 Å². The monoisotopic (exact) mass is 262 g/mol. The molecule has 0 fully saturated rings. The van der Waals surface area contributed by atoms with Crippen molar-refractivity contribution in [3.8, 4) is 0 Å². The molecule has 1 heterocycles. The van der Waals surface area contributed by atoms with Crippen molar-refractivity contribution in [1.82, 2.24) is 4.98 Å². The quantitative estimate of drug-likeness (QED) is 0.777. The van der Waals surface area contributed by atoms with E-state index in [4.69, 9.17) is 11.6 Å². The molecule has 0 radical (unpaired) electrons. The number of anilines is 1. The predicted molar refractivity (Wildman–Crippen MR) is 60.9 cm³/mol. The average molecular weight is 264 g/mol. The van der Waals surface area contributed by atoms with Crippen molar-refractivity contribution in [2.45, 2.75) is 6.92 Å². The summed E-state index contributed by atoms with van der Waals surface area (Å²) in [6.07, 6.45) is 3.44. The van der Waals surface area contributed by atoms with Gasteiger partial charge in [0.2, 0.25) is 0 Å². The van der Waals surface area contributed by atoms with Crippen LogP contribution < -0.4 is 4.90 Å². The van der Waals surface area contributed by atoms with Crippen LogP contribution in [0.4, 0.5) is 5.69 Å². The summed E-state index contributed by atoms with van der Waals surface area (Å²) >= 11 is 9.43. The minimum Gasteiger partial charge on any atom is -0.370 e. The topological polar surface area (TPSA) is 16.1 Å². The molecule has 1 rings (SSSR count). The highest BCUT2D eigenvalue weighted by Crippen LogP contribution is 2.23. The van der Waals surface area contributed by atoms with Crippen LogP contribution in [0, 0.1) is 0 Å². The lowest BCUT2D eigenvalue weighted by atomic mass is 10.3. The van der Waals surface area contributed by atoms with Gasteiger partial charge in [-0.2, -0.15) is 0 Å². The standard InChI is InChI=1S/C9H12BrClN2/c1-2-13(6-4-10)9-3-5-12-7-8(9)11/h3,5,7H,2,4,6H2,1H3. The van der Waals surface area contributed by atoms with Crippen molar-refractivity contribution in [3.63, 3.8) is 0 Å². The Morgan fingerprint density at radius 3 is 2.92 bits per heavy atom. The molecule has 0 amide bonds. The van der Waals surface area contributed by atoms with E-state index in [0.717, 1.165) is 24.1 Å². The van der Waals surface area contributed by atoms with E-state index >= 15 is 0 Å². The summed E-state index contributed by atoms with van der Waals surface area (Å²) in [7, 11) is 0. The van der Waals surface area contributed by atoms with Crippen molar-refractivity contribution in [1.29, 1.82) is 0 Å². The Bertz CT molecular complexity index is 268. The van der Waals surface area contributed by atoms with E-state index < -0.39 is 0 Å². The first kappa shape index (κ1) is 10.8. The first-order chi connectivity index (χ1) is 6.29. The van der Waals surface area contributed by atoms with Crippen molar-refractivity contribution in [3.05, 3.63) is 23.5 Å². The Balaban J connectivity index is 2.84. The fourth-order valence-corrected chi connectivity index (χ4v) is 1.84. The molecule has 0 saturated carbocycles. The molecule has 0 aromatic carbocycles. The molecule has 0 N–H and O–H groups in total. The maximum Gasteiger partial charge on any atom is 0.0822 e. The van der Waals surface area contributed by atoms with Crippen LogP contribution in [-0.4, -0.2) is 23.4 Å². The zero-order valence-corrected chi connectivity index (χ0v) is 9.85. The molecule has 0 atom stereocenters. The Morgan fingerprint density at radius 2 is 2.38 bits per heavy atom. The number of hydrogen-bond donors (Lipinski definition) is 0. The second-order valence-electron chi connectivity index (χ2n) is 2.60. The molecule has 0 aliphatic heterocycles. The van der Waals surface area contributed by atoms with Crippen LogP contribution in [0.5, 0.6) is 0 Å². The first-order valence-corrected chi connectivity index (χ1v) is 5.70. The SMILES string of the molecule is CCN(CCBr)c1ccncc1Cl. The van der Waals surface area contributed by atoms with Gasteiger partial charge >= 0.3 is 0 Å². The maximum absolute atomic E-state index is 6.01. The largest absolute Gasteiger partial charge is 0.370 e. The normalized spacial score (nSPS) is 10.1. The molecule has 0 unspecified atom stereocenters. The minimum atomic E-state index is 0.713. The summed E-state index contributed by atoms with van der Waals surface area (Å²) in [5, 5.41) is 1.66. The molecule has 4 heteroatoms. The average Bonchev–Trinajstić information content (AvgIpc) is 2.16. The molecule has 0 aliphatic rings. The molecule has 0 spiro atoms. The highest BCUT2D eigenvalue weighted by molar-refractivity contribution is 9.09. The third-order valence-corrected chi connectivity index (χ3v) is 2.47. The number of hydrogen-bond acceptors (Lipinski definition) is 2. The smallest absolute Gasteiger partial charge is 0.0822 e. The van der Waals surface area contributed by atoms with Crippen molar-refractivity contribution in [2.75, 3.05) is 23.3 Å². The summed E-state index contributed by atoms with van der Waals surface area (Å²) in [5.41, 5.74) is 1.05. The number of aromatic nitrogens is 1. The van der Waals surface area contributed by atoms with Gasteiger partial charge in [-0.1, -0.05) is 27.5 Å². The lowest BCUT2D eigenvalue weighted by Crippen LogP contribution is -2.25. The molecule has 13 heavy (non-hydrogen) atoms. The van der Waals surface area contributed by atoms with E-state index in [9.17, 15) is 0 Å². The number of nitrogens with zero attached hydrogens (tertiary/aromatic N) is 2. The van der Waals surface area contributed by atoms with Gasteiger partial charge in [0.15, 0.2) is 0 Å². The van der Waals surface area contributed by atoms with E-state index in [1.54, 1.807) is 12.4 Å². The van der Waals surface area contributed by atoms with Crippen LogP contribution in [0.15, 0.2) is 18.5 Å². The van der Waals surface area contributed by atoms with Crippen molar-refractivity contribution in [2.24, 2.45) is 0 Å². The van der Waals surface area contributed by atoms with Gasteiger partial charge in [0.1, 0.15) is 0 Å². The summed E-state index contributed by atoms with van der Waals surface area (Å²) in [6, 6.07) is 1.94. The van der Waals surface area contributed by atoms with Gasteiger partial charge in [-0.05, 0) is 13.0 Å². The number of rotatable bonds is 4. The maximum atomic E-state index is 6.01. The van der Waals surface area contributed by atoms with E-state index in [1.807, 2.05) is 6.07 Å². The van der Waals surface area contributed by atoms with Gasteiger partial charge in [-0.25, -0.2) is 0 Å². The first-order valence-electron chi connectivity index (χ1n) is 4.20. The van der Waals surface area contributed by atoms with Gasteiger partial charge in [0, 0.05) is 30.8 Å². The highest BCUT2D eigenvalue weighted by Gasteiger charge is 2.06. The highest BCUT2D eigenvalue weighted by atomic mass is 79.9. The predicted octanol–water partition coefficient (Wildman–Crippen LogP) is 2.96. The molecular weight excluding hydrogens is 251 g/mol. The fraction of sp³-hybridized carbons (Fsp3) is 0.444. The second-order valence-corrected chi connectivity index (χ2v) is 3.80. The zero-order chi connectivity index (χ0) is 9.68. The minimum absolute atomic E-state index is 0.713. The molecular formula is C9H12BrClN2. The van der Waals surface area contributed by atoms with Crippen LogP contribution in [0.1, 0.15) is 6.92 Å². The van der Waals surface area contributed by atoms with E-state index in [2.05, 4.69) is 32.7 Å². The molecule has 2 nitrogen and oxygen atoms in total. The van der Waals surface area contributed by atoms with E-state index in [1.165, 1.54) is 0 Å². The van der Waals surface area contributed by atoms with Crippen LogP contribution in [0.3, 0.4) is 0 Å². The van der Waals surface area contributed by atoms with Crippen LogP contribution in [0.25, 0.3) is 0 Å². The Labute approximate surface area is 92.0 Å². The fourth-order valence-electron chi connectivity index (χ4n) is 1.18.